The Balaban J connectivity index is 1.26. The Morgan fingerprint density at radius 1 is 0.935 bits per heavy atom. The van der Waals surface area contributed by atoms with Crippen LogP contribution < -0.4 is 10.2 Å². The Labute approximate surface area is 180 Å². The van der Waals surface area contributed by atoms with Crippen molar-refractivity contribution in [3.63, 3.8) is 0 Å². The summed E-state index contributed by atoms with van der Waals surface area (Å²) in [5, 5.41) is 4.65. The van der Waals surface area contributed by atoms with Gasteiger partial charge in [-0.2, -0.15) is 0 Å². The summed E-state index contributed by atoms with van der Waals surface area (Å²) in [5.41, 5.74) is 2.88. The van der Waals surface area contributed by atoms with Crippen molar-refractivity contribution < 1.29 is 19.1 Å². The van der Waals surface area contributed by atoms with E-state index in [0.29, 0.717) is 6.54 Å². The zero-order valence-electron chi connectivity index (χ0n) is 17.2. The standard InChI is InChI=1S/C25H24N2O4/c28-23(15-20-10-5-9-18-7-1-3-12-21(18)20)26-16-25(30)31-17-24(29)27-14-6-11-19-8-2-4-13-22(19)27/h1-5,7-10,12-13H,6,11,14-17H2,(H,26,28). The Morgan fingerprint density at radius 2 is 1.71 bits per heavy atom. The smallest absolute Gasteiger partial charge is 0.325 e. The number of amides is 2. The minimum absolute atomic E-state index is 0.165. The Morgan fingerprint density at radius 3 is 2.61 bits per heavy atom. The van der Waals surface area contributed by atoms with E-state index in [-0.39, 0.29) is 31.4 Å². The lowest BCUT2D eigenvalue weighted by Gasteiger charge is -2.29. The molecule has 0 atom stereocenters. The summed E-state index contributed by atoms with van der Waals surface area (Å²) in [6, 6.07) is 21.4. The van der Waals surface area contributed by atoms with Crippen molar-refractivity contribution in [2.75, 3.05) is 24.6 Å². The molecule has 158 valence electrons. The minimum Gasteiger partial charge on any atom is -0.454 e. The van der Waals surface area contributed by atoms with Crippen LogP contribution in [0, 0.1) is 0 Å². The first-order chi connectivity index (χ1) is 15.1. The molecular weight excluding hydrogens is 392 g/mol. The number of benzene rings is 3. The van der Waals surface area contributed by atoms with Crippen LogP contribution in [0.25, 0.3) is 10.8 Å². The molecule has 0 spiro atoms. The van der Waals surface area contributed by atoms with Gasteiger partial charge in [0.2, 0.25) is 5.91 Å². The molecule has 3 aromatic carbocycles. The van der Waals surface area contributed by atoms with Crippen molar-refractivity contribution in [1.29, 1.82) is 0 Å². The molecule has 0 bridgehead atoms. The van der Waals surface area contributed by atoms with Crippen molar-refractivity contribution in [2.24, 2.45) is 0 Å². The molecule has 6 heteroatoms. The zero-order valence-corrected chi connectivity index (χ0v) is 17.2. The number of rotatable bonds is 6. The van der Waals surface area contributed by atoms with Crippen molar-refractivity contribution >= 4 is 34.2 Å². The van der Waals surface area contributed by atoms with E-state index in [4.69, 9.17) is 4.74 Å². The number of anilines is 1. The van der Waals surface area contributed by atoms with Gasteiger partial charge in [0, 0.05) is 12.2 Å². The van der Waals surface area contributed by atoms with Crippen LogP contribution in [0.4, 0.5) is 5.69 Å². The van der Waals surface area contributed by atoms with E-state index in [2.05, 4.69) is 5.32 Å². The monoisotopic (exact) mass is 416 g/mol. The maximum absolute atomic E-state index is 12.5. The largest absolute Gasteiger partial charge is 0.454 e. The summed E-state index contributed by atoms with van der Waals surface area (Å²) in [5.74, 6) is -1.17. The predicted molar refractivity (Wildman–Crippen MR) is 119 cm³/mol. The van der Waals surface area contributed by atoms with Crippen LogP contribution in [0.3, 0.4) is 0 Å². The first kappa shape index (κ1) is 20.6. The highest BCUT2D eigenvalue weighted by Gasteiger charge is 2.23. The van der Waals surface area contributed by atoms with E-state index in [9.17, 15) is 14.4 Å². The fourth-order valence-corrected chi connectivity index (χ4v) is 3.92. The van der Waals surface area contributed by atoms with Gasteiger partial charge in [-0.1, -0.05) is 60.7 Å². The fraction of sp³-hybridized carbons (Fsp3) is 0.240. The maximum atomic E-state index is 12.5. The molecule has 1 heterocycles. The molecule has 0 radical (unpaired) electrons. The number of hydrogen-bond acceptors (Lipinski definition) is 4. The molecule has 0 saturated heterocycles. The van der Waals surface area contributed by atoms with Crippen molar-refractivity contribution in [3.05, 3.63) is 77.9 Å². The lowest BCUT2D eigenvalue weighted by molar-refractivity contribution is -0.147. The molecule has 1 aliphatic rings. The number of esters is 1. The fourth-order valence-electron chi connectivity index (χ4n) is 3.92. The number of para-hydroxylation sites is 1. The van der Waals surface area contributed by atoms with Gasteiger partial charge in [-0.3, -0.25) is 14.4 Å². The second kappa shape index (κ2) is 9.43. The third-order valence-corrected chi connectivity index (χ3v) is 5.43. The third kappa shape index (κ3) is 4.91. The number of carbonyl (C=O) groups is 3. The molecule has 0 aliphatic carbocycles. The number of nitrogens with zero attached hydrogens (tertiary/aromatic N) is 1. The highest BCUT2D eigenvalue weighted by atomic mass is 16.5. The number of ether oxygens (including phenoxy) is 1. The average Bonchev–Trinajstić information content (AvgIpc) is 2.81. The molecule has 3 aromatic rings. The summed E-state index contributed by atoms with van der Waals surface area (Å²) < 4.78 is 5.10. The quantitative estimate of drug-likeness (QED) is 0.627. The Bertz CT molecular complexity index is 1120. The van der Waals surface area contributed by atoms with Gasteiger partial charge in [-0.05, 0) is 40.8 Å². The number of aryl methyl sites for hydroxylation is 1. The van der Waals surface area contributed by atoms with Gasteiger partial charge in [-0.15, -0.1) is 0 Å². The first-order valence-corrected chi connectivity index (χ1v) is 10.4. The SMILES string of the molecule is O=C(Cc1cccc2ccccc12)NCC(=O)OCC(=O)N1CCCc2ccccc21. The molecule has 31 heavy (non-hydrogen) atoms. The summed E-state index contributed by atoms with van der Waals surface area (Å²) in [7, 11) is 0. The number of hydrogen-bond donors (Lipinski definition) is 1. The average molecular weight is 416 g/mol. The second-order valence-electron chi connectivity index (χ2n) is 7.53. The van der Waals surface area contributed by atoms with E-state index >= 15 is 0 Å². The third-order valence-electron chi connectivity index (χ3n) is 5.43. The van der Waals surface area contributed by atoms with E-state index in [1.165, 1.54) is 0 Å². The van der Waals surface area contributed by atoms with Gasteiger partial charge >= 0.3 is 5.97 Å². The van der Waals surface area contributed by atoms with Gasteiger partial charge in [0.25, 0.3) is 5.91 Å². The molecule has 0 fully saturated rings. The molecule has 6 nitrogen and oxygen atoms in total. The van der Waals surface area contributed by atoms with E-state index < -0.39 is 5.97 Å². The van der Waals surface area contributed by atoms with Crippen LogP contribution in [0.5, 0.6) is 0 Å². The van der Waals surface area contributed by atoms with Crippen molar-refractivity contribution in [1.82, 2.24) is 5.32 Å². The maximum Gasteiger partial charge on any atom is 0.325 e. The Kier molecular flexibility index (Phi) is 6.26. The summed E-state index contributed by atoms with van der Waals surface area (Å²) in [6.45, 7) is -0.00497. The van der Waals surface area contributed by atoms with Crippen LogP contribution in [0.1, 0.15) is 17.5 Å². The topological polar surface area (TPSA) is 75.7 Å². The van der Waals surface area contributed by atoms with Gasteiger partial charge in [0.05, 0.1) is 6.42 Å². The van der Waals surface area contributed by atoms with E-state index in [1.54, 1.807) is 4.90 Å². The molecule has 0 aromatic heterocycles. The summed E-state index contributed by atoms with van der Waals surface area (Å²) in [4.78, 5) is 38.5. The molecule has 2 amide bonds. The highest BCUT2D eigenvalue weighted by Crippen LogP contribution is 2.26. The van der Waals surface area contributed by atoms with Gasteiger partial charge < -0.3 is 15.0 Å². The minimum atomic E-state index is -0.634. The van der Waals surface area contributed by atoms with E-state index in [0.717, 1.165) is 40.4 Å². The predicted octanol–water partition coefficient (Wildman–Crippen LogP) is 3.02. The molecule has 1 aliphatic heterocycles. The van der Waals surface area contributed by atoms with Crippen LogP contribution in [-0.4, -0.2) is 37.5 Å². The molecular formula is C25H24N2O4. The van der Waals surface area contributed by atoms with Gasteiger partial charge in [0.15, 0.2) is 6.61 Å². The highest BCUT2D eigenvalue weighted by molar-refractivity contribution is 5.96. The van der Waals surface area contributed by atoms with Gasteiger partial charge in [0.1, 0.15) is 6.54 Å². The van der Waals surface area contributed by atoms with Crippen LogP contribution in [0.15, 0.2) is 66.7 Å². The normalized spacial score (nSPS) is 12.8. The first-order valence-electron chi connectivity index (χ1n) is 10.4. The molecule has 1 N–H and O–H groups in total. The lowest BCUT2D eigenvalue weighted by Crippen LogP contribution is -2.39. The van der Waals surface area contributed by atoms with Crippen molar-refractivity contribution in [2.45, 2.75) is 19.3 Å². The summed E-state index contributed by atoms with van der Waals surface area (Å²) >= 11 is 0. The summed E-state index contributed by atoms with van der Waals surface area (Å²) in [6.07, 6.45) is 1.97. The number of carbonyl (C=O) groups excluding carboxylic acids is 3. The van der Waals surface area contributed by atoms with Gasteiger partial charge in [-0.25, -0.2) is 0 Å². The van der Waals surface area contributed by atoms with Crippen LogP contribution in [-0.2, 0) is 32.0 Å². The van der Waals surface area contributed by atoms with E-state index in [1.807, 2.05) is 66.7 Å². The molecule has 4 rings (SSSR count). The molecule has 0 unspecified atom stereocenters. The zero-order chi connectivity index (χ0) is 21.6. The van der Waals surface area contributed by atoms with Crippen LogP contribution in [0.2, 0.25) is 0 Å². The Hall–Kier alpha value is -3.67. The number of nitrogens with one attached hydrogen (secondary N) is 1. The van der Waals surface area contributed by atoms with Crippen LogP contribution >= 0.6 is 0 Å². The molecule has 0 saturated carbocycles. The van der Waals surface area contributed by atoms with Crippen molar-refractivity contribution in [3.8, 4) is 0 Å². The lowest BCUT2D eigenvalue weighted by atomic mass is 10.0. The second-order valence-corrected chi connectivity index (χ2v) is 7.53. The number of fused-ring (bicyclic) bond motifs is 2.